The van der Waals surface area contributed by atoms with Crippen LogP contribution in [0.5, 0.6) is 0 Å². The van der Waals surface area contributed by atoms with Crippen LogP contribution < -0.4 is 11.1 Å². The first-order chi connectivity index (χ1) is 8.97. The lowest BCUT2D eigenvalue weighted by Gasteiger charge is -2.11. The first-order valence-electron chi connectivity index (χ1n) is 5.14. The Kier molecular flexibility index (Phi) is 4.59. The molecule has 0 saturated carbocycles. The van der Waals surface area contributed by atoms with Crippen molar-refractivity contribution in [3.8, 4) is 0 Å². The summed E-state index contributed by atoms with van der Waals surface area (Å²) in [6, 6.07) is 5.22. The van der Waals surface area contributed by atoms with E-state index in [2.05, 4.69) is 58.1 Å². The second kappa shape index (κ2) is 6.02. The minimum atomic E-state index is -0.275. The minimum absolute atomic E-state index is 0.275. The van der Waals surface area contributed by atoms with Crippen molar-refractivity contribution in [2.45, 2.75) is 0 Å². The number of carbonyl (C=O) groups is 1. The fourth-order valence-corrected chi connectivity index (χ4v) is 3.17. The second-order valence-electron chi connectivity index (χ2n) is 3.70. The second-order valence-corrected chi connectivity index (χ2v) is 6.38. The van der Waals surface area contributed by atoms with E-state index < -0.39 is 0 Å². The molecular weight excluding hydrogens is 442 g/mol. The standard InChI is InChI=1S/C12H8Br3N3O/c13-7-2-9(15)11(10(16)3-7)18-12(19)6-1-8(14)5-17-4-6/h1-5H,16H2,(H,18,19). The molecule has 0 fully saturated rings. The zero-order valence-corrected chi connectivity index (χ0v) is 14.2. The molecule has 1 aromatic heterocycles. The van der Waals surface area contributed by atoms with E-state index in [4.69, 9.17) is 5.73 Å². The average molecular weight is 450 g/mol. The molecule has 0 spiro atoms. The van der Waals surface area contributed by atoms with Gasteiger partial charge in [-0.15, -0.1) is 0 Å². The molecule has 7 heteroatoms. The summed E-state index contributed by atoms with van der Waals surface area (Å²) in [5, 5.41) is 2.76. The van der Waals surface area contributed by atoms with Gasteiger partial charge in [-0.25, -0.2) is 0 Å². The molecule has 0 saturated heterocycles. The normalized spacial score (nSPS) is 10.3. The van der Waals surface area contributed by atoms with Crippen molar-refractivity contribution in [1.29, 1.82) is 0 Å². The molecule has 19 heavy (non-hydrogen) atoms. The van der Waals surface area contributed by atoms with Gasteiger partial charge in [0, 0.05) is 25.8 Å². The van der Waals surface area contributed by atoms with Crippen molar-refractivity contribution in [3.05, 3.63) is 49.6 Å². The summed E-state index contributed by atoms with van der Waals surface area (Å²) in [5.74, 6) is -0.275. The van der Waals surface area contributed by atoms with Gasteiger partial charge in [0.05, 0.1) is 16.9 Å². The van der Waals surface area contributed by atoms with Crippen molar-refractivity contribution < 1.29 is 4.79 Å². The Bertz CT molecular complexity index is 623. The van der Waals surface area contributed by atoms with Gasteiger partial charge in [0.25, 0.3) is 5.91 Å². The fraction of sp³-hybridized carbons (Fsp3) is 0. The third kappa shape index (κ3) is 3.55. The Labute approximate surface area is 135 Å². The number of nitrogens with zero attached hydrogens (tertiary/aromatic N) is 1. The highest BCUT2D eigenvalue weighted by Gasteiger charge is 2.12. The SMILES string of the molecule is Nc1cc(Br)cc(Br)c1NC(=O)c1cncc(Br)c1. The Morgan fingerprint density at radius 1 is 1.11 bits per heavy atom. The Morgan fingerprint density at radius 3 is 2.47 bits per heavy atom. The Hall–Kier alpha value is -0.920. The molecule has 2 rings (SSSR count). The van der Waals surface area contributed by atoms with Crippen LogP contribution in [0.4, 0.5) is 11.4 Å². The Morgan fingerprint density at radius 2 is 1.84 bits per heavy atom. The molecule has 0 radical (unpaired) electrons. The van der Waals surface area contributed by atoms with Gasteiger partial charge in [0.15, 0.2) is 0 Å². The molecule has 0 aliphatic heterocycles. The van der Waals surface area contributed by atoms with Crippen LogP contribution in [0.1, 0.15) is 10.4 Å². The summed E-state index contributed by atoms with van der Waals surface area (Å²) in [6.07, 6.45) is 3.10. The quantitative estimate of drug-likeness (QED) is 0.675. The fourth-order valence-electron chi connectivity index (χ4n) is 1.45. The summed E-state index contributed by atoms with van der Waals surface area (Å²) in [6.45, 7) is 0. The molecule has 0 aliphatic carbocycles. The molecule has 0 atom stereocenters. The average Bonchev–Trinajstić information content (AvgIpc) is 2.33. The number of aromatic nitrogens is 1. The van der Waals surface area contributed by atoms with E-state index in [0.29, 0.717) is 21.4 Å². The lowest BCUT2D eigenvalue weighted by Crippen LogP contribution is -2.14. The molecule has 1 amide bonds. The number of hydrogen-bond acceptors (Lipinski definition) is 3. The van der Waals surface area contributed by atoms with Crippen LogP contribution in [0.25, 0.3) is 0 Å². The number of amides is 1. The molecule has 3 N–H and O–H groups in total. The maximum Gasteiger partial charge on any atom is 0.257 e. The van der Waals surface area contributed by atoms with Gasteiger partial charge >= 0.3 is 0 Å². The van der Waals surface area contributed by atoms with Crippen molar-refractivity contribution in [3.63, 3.8) is 0 Å². The van der Waals surface area contributed by atoms with E-state index in [0.717, 1.165) is 8.95 Å². The molecule has 98 valence electrons. The zero-order valence-electron chi connectivity index (χ0n) is 9.45. The summed E-state index contributed by atoms with van der Waals surface area (Å²) >= 11 is 9.96. The summed E-state index contributed by atoms with van der Waals surface area (Å²) in [4.78, 5) is 16.0. The minimum Gasteiger partial charge on any atom is -0.397 e. The van der Waals surface area contributed by atoms with Crippen LogP contribution in [0.2, 0.25) is 0 Å². The van der Waals surface area contributed by atoms with E-state index >= 15 is 0 Å². The van der Waals surface area contributed by atoms with Crippen molar-refractivity contribution >= 4 is 65.1 Å². The first kappa shape index (κ1) is 14.5. The summed E-state index contributed by atoms with van der Waals surface area (Å²) in [5.41, 5.74) is 7.33. The van der Waals surface area contributed by atoms with E-state index in [1.165, 1.54) is 6.20 Å². The van der Waals surface area contributed by atoms with E-state index in [1.54, 1.807) is 18.3 Å². The van der Waals surface area contributed by atoms with Crippen LogP contribution >= 0.6 is 47.8 Å². The van der Waals surface area contributed by atoms with E-state index in [-0.39, 0.29) is 5.91 Å². The number of nitrogens with two attached hydrogens (primary N) is 1. The number of halogens is 3. The number of nitrogen functional groups attached to an aromatic ring is 1. The van der Waals surface area contributed by atoms with Gasteiger partial charge in [-0.2, -0.15) is 0 Å². The van der Waals surface area contributed by atoms with E-state index in [9.17, 15) is 4.79 Å². The maximum absolute atomic E-state index is 12.1. The largest absolute Gasteiger partial charge is 0.397 e. The van der Waals surface area contributed by atoms with Crippen LogP contribution in [-0.2, 0) is 0 Å². The molecule has 1 heterocycles. The first-order valence-corrected chi connectivity index (χ1v) is 7.51. The lowest BCUT2D eigenvalue weighted by molar-refractivity contribution is 0.102. The van der Waals surface area contributed by atoms with Gasteiger partial charge in [-0.05, 0) is 50.1 Å². The number of pyridine rings is 1. The molecular formula is C12H8Br3N3O. The smallest absolute Gasteiger partial charge is 0.257 e. The van der Waals surface area contributed by atoms with Gasteiger partial charge < -0.3 is 11.1 Å². The predicted molar refractivity (Wildman–Crippen MR) is 86.1 cm³/mol. The van der Waals surface area contributed by atoms with Crippen molar-refractivity contribution in [1.82, 2.24) is 4.98 Å². The molecule has 1 aromatic carbocycles. The van der Waals surface area contributed by atoms with Crippen LogP contribution in [0.15, 0.2) is 44.0 Å². The highest BCUT2D eigenvalue weighted by molar-refractivity contribution is 9.11. The number of carbonyl (C=O) groups excluding carboxylic acids is 1. The van der Waals surface area contributed by atoms with Crippen LogP contribution in [0.3, 0.4) is 0 Å². The Balaban J connectivity index is 2.29. The van der Waals surface area contributed by atoms with Gasteiger partial charge in [-0.3, -0.25) is 9.78 Å². The van der Waals surface area contributed by atoms with Crippen molar-refractivity contribution in [2.24, 2.45) is 0 Å². The topological polar surface area (TPSA) is 68.0 Å². The highest BCUT2D eigenvalue weighted by Crippen LogP contribution is 2.32. The van der Waals surface area contributed by atoms with Gasteiger partial charge in [0.2, 0.25) is 0 Å². The highest BCUT2D eigenvalue weighted by atomic mass is 79.9. The third-order valence-electron chi connectivity index (χ3n) is 2.29. The number of rotatable bonds is 2. The molecule has 0 bridgehead atoms. The van der Waals surface area contributed by atoms with Crippen LogP contribution in [-0.4, -0.2) is 10.9 Å². The van der Waals surface area contributed by atoms with Gasteiger partial charge in [0.1, 0.15) is 0 Å². The number of hydrogen-bond donors (Lipinski definition) is 2. The molecule has 4 nitrogen and oxygen atoms in total. The number of benzene rings is 1. The summed E-state index contributed by atoms with van der Waals surface area (Å²) < 4.78 is 2.28. The van der Waals surface area contributed by atoms with E-state index in [1.807, 2.05) is 6.07 Å². The monoisotopic (exact) mass is 447 g/mol. The maximum atomic E-state index is 12.1. The van der Waals surface area contributed by atoms with Crippen LogP contribution in [0, 0.1) is 0 Å². The lowest BCUT2D eigenvalue weighted by atomic mass is 10.2. The number of anilines is 2. The third-order valence-corrected chi connectivity index (χ3v) is 3.81. The molecule has 0 aliphatic rings. The van der Waals surface area contributed by atoms with Gasteiger partial charge in [-0.1, -0.05) is 15.9 Å². The molecule has 0 unspecified atom stereocenters. The predicted octanol–water partition coefficient (Wildman–Crippen LogP) is 4.20. The van der Waals surface area contributed by atoms with Crippen molar-refractivity contribution in [2.75, 3.05) is 11.1 Å². The molecule has 2 aromatic rings. The zero-order chi connectivity index (χ0) is 14.0. The number of nitrogens with one attached hydrogen (secondary N) is 1. The summed E-state index contributed by atoms with van der Waals surface area (Å²) in [7, 11) is 0.